The van der Waals surface area contributed by atoms with Crippen molar-refractivity contribution in [1.29, 1.82) is 0 Å². The molecule has 5 nitrogen and oxygen atoms in total. The Kier molecular flexibility index (Phi) is 4.12. The average Bonchev–Trinajstić information content (AvgIpc) is 2.84. The van der Waals surface area contributed by atoms with E-state index in [1.165, 1.54) is 6.07 Å². The number of thiophene rings is 1. The van der Waals surface area contributed by atoms with Crippen LogP contribution in [-0.2, 0) is 23.6 Å². The number of rotatable bonds is 4. The zero-order valence-corrected chi connectivity index (χ0v) is 13.2. The lowest BCUT2D eigenvalue weighted by atomic mass is 10.4. The highest BCUT2D eigenvalue weighted by molar-refractivity contribution is 9.11. The van der Waals surface area contributed by atoms with E-state index in [9.17, 15) is 8.42 Å². The van der Waals surface area contributed by atoms with Gasteiger partial charge in [0.2, 0.25) is 10.0 Å². The van der Waals surface area contributed by atoms with Gasteiger partial charge < -0.3 is 0 Å². The minimum absolute atomic E-state index is 0.149. The van der Waals surface area contributed by atoms with Gasteiger partial charge in [0.1, 0.15) is 4.21 Å². The van der Waals surface area contributed by atoms with Crippen molar-refractivity contribution in [3.63, 3.8) is 0 Å². The Balaban J connectivity index is 2.12. The molecular formula is C9H9BrClN3O2S2. The Morgan fingerprint density at radius 2 is 2.33 bits per heavy atom. The predicted molar refractivity (Wildman–Crippen MR) is 74.3 cm³/mol. The van der Waals surface area contributed by atoms with Crippen LogP contribution in [0.25, 0.3) is 0 Å². The number of sulfonamides is 1. The Labute approximate surface area is 122 Å². The summed E-state index contributed by atoms with van der Waals surface area (Å²) in [7, 11) is -1.77. The van der Waals surface area contributed by atoms with Gasteiger partial charge in [0.15, 0.2) is 0 Å². The molecule has 0 saturated heterocycles. The number of hydrogen-bond acceptors (Lipinski definition) is 4. The standard InChI is InChI=1S/C9H9BrClN3O2S2/c1-14-3-2-6(13-14)5-12-18(15,16)8-4-7(11)9(10)17-8/h2-4,12H,5H2,1H3. The SMILES string of the molecule is Cn1ccc(CNS(=O)(=O)c2cc(Cl)c(Br)s2)n1. The summed E-state index contributed by atoms with van der Waals surface area (Å²) in [6.45, 7) is 0.149. The second-order valence-corrected chi connectivity index (χ2v) is 8.26. The van der Waals surface area contributed by atoms with Gasteiger partial charge in [0, 0.05) is 13.2 Å². The van der Waals surface area contributed by atoms with Gasteiger partial charge in [0.25, 0.3) is 0 Å². The molecule has 0 radical (unpaired) electrons. The normalized spacial score (nSPS) is 11.9. The number of nitrogens with zero attached hydrogens (tertiary/aromatic N) is 2. The lowest BCUT2D eigenvalue weighted by Crippen LogP contribution is -2.22. The molecule has 0 atom stereocenters. The smallest absolute Gasteiger partial charge is 0.250 e. The third-order valence-electron chi connectivity index (χ3n) is 2.10. The summed E-state index contributed by atoms with van der Waals surface area (Å²) in [5.41, 5.74) is 0.655. The maximum atomic E-state index is 12.0. The van der Waals surface area contributed by atoms with Gasteiger partial charge in [0.05, 0.1) is 21.0 Å². The van der Waals surface area contributed by atoms with Crippen LogP contribution in [0, 0.1) is 0 Å². The topological polar surface area (TPSA) is 64.0 Å². The summed E-state index contributed by atoms with van der Waals surface area (Å²) in [4.78, 5) is 0. The fraction of sp³-hybridized carbons (Fsp3) is 0.222. The maximum Gasteiger partial charge on any atom is 0.250 e. The third-order valence-corrected chi connectivity index (χ3v) is 6.45. The molecule has 98 valence electrons. The van der Waals surface area contributed by atoms with Gasteiger partial charge in [-0.3, -0.25) is 4.68 Å². The number of hydrogen-bond donors (Lipinski definition) is 1. The molecular weight excluding hydrogens is 362 g/mol. The second-order valence-electron chi connectivity index (χ2n) is 3.49. The Hall–Kier alpha value is -0.410. The van der Waals surface area contributed by atoms with Gasteiger partial charge in [-0.1, -0.05) is 11.6 Å². The molecule has 0 amide bonds. The van der Waals surface area contributed by atoms with Gasteiger partial charge in [-0.15, -0.1) is 11.3 Å². The summed E-state index contributed by atoms with van der Waals surface area (Å²) in [5, 5.41) is 4.48. The largest absolute Gasteiger partial charge is 0.276 e. The van der Waals surface area contributed by atoms with Crippen molar-refractivity contribution in [2.24, 2.45) is 7.05 Å². The van der Waals surface area contributed by atoms with Crippen LogP contribution in [0.3, 0.4) is 0 Å². The average molecular weight is 371 g/mol. The van der Waals surface area contributed by atoms with E-state index < -0.39 is 10.0 Å². The van der Waals surface area contributed by atoms with E-state index >= 15 is 0 Å². The van der Waals surface area contributed by atoms with E-state index in [0.29, 0.717) is 14.5 Å². The van der Waals surface area contributed by atoms with Crippen LogP contribution < -0.4 is 4.72 Å². The lowest BCUT2D eigenvalue weighted by molar-refractivity contribution is 0.581. The highest BCUT2D eigenvalue weighted by Gasteiger charge is 2.18. The van der Waals surface area contributed by atoms with Crippen LogP contribution in [0.5, 0.6) is 0 Å². The van der Waals surface area contributed by atoms with E-state index in [0.717, 1.165) is 11.3 Å². The quantitative estimate of drug-likeness (QED) is 0.898. The van der Waals surface area contributed by atoms with Crippen molar-refractivity contribution >= 4 is 48.9 Å². The first-order chi connectivity index (χ1) is 8.38. The van der Waals surface area contributed by atoms with Crippen LogP contribution in [0.2, 0.25) is 5.02 Å². The first kappa shape index (κ1) is 14.0. The second kappa shape index (κ2) is 5.30. The number of halogens is 2. The number of aromatic nitrogens is 2. The van der Waals surface area contributed by atoms with Crippen LogP contribution in [-0.4, -0.2) is 18.2 Å². The molecule has 18 heavy (non-hydrogen) atoms. The fourth-order valence-electron chi connectivity index (χ4n) is 1.26. The number of nitrogens with one attached hydrogen (secondary N) is 1. The van der Waals surface area contributed by atoms with Crippen molar-refractivity contribution in [1.82, 2.24) is 14.5 Å². The highest BCUT2D eigenvalue weighted by atomic mass is 79.9. The summed E-state index contributed by atoms with van der Waals surface area (Å²) in [6.07, 6.45) is 1.75. The molecule has 0 aliphatic rings. The van der Waals surface area contributed by atoms with Crippen molar-refractivity contribution in [2.45, 2.75) is 10.8 Å². The van der Waals surface area contributed by atoms with E-state index in [4.69, 9.17) is 11.6 Å². The van der Waals surface area contributed by atoms with Crippen LogP contribution in [0.1, 0.15) is 5.69 Å². The molecule has 0 aliphatic heterocycles. The van der Waals surface area contributed by atoms with Gasteiger partial charge in [-0.2, -0.15) is 5.10 Å². The zero-order valence-electron chi connectivity index (χ0n) is 9.22. The molecule has 2 rings (SSSR count). The van der Waals surface area contributed by atoms with E-state index in [1.54, 1.807) is 24.0 Å². The molecule has 2 aromatic heterocycles. The minimum atomic E-state index is -3.55. The number of aryl methyl sites for hydroxylation is 1. The van der Waals surface area contributed by atoms with E-state index in [2.05, 4.69) is 25.8 Å². The van der Waals surface area contributed by atoms with Gasteiger partial charge in [-0.05, 0) is 28.1 Å². The van der Waals surface area contributed by atoms with Crippen molar-refractivity contribution in [2.75, 3.05) is 0 Å². The Morgan fingerprint density at radius 1 is 1.61 bits per heavy atom. The van der Waals surface area contributed by atoms with Crippen LogP contribution >= 0.6 is 38.9 Å². The monoisotopic (exact) mass is 369 g/mol. The first-order valence-corrected chi connectivity index (χ1v) is 8.28. The van der Waals surface area contributed by atoms with Crippen LogP contribution in [0.4, 0.5) is 0 Å². The maximum absolute atomic E-state index is 12.0. The molecule has 0 spiro atoms. The molecule has 0 fully saturated rings. The Morgan fingerprint density at radius 3 is 2.83 bits per heavy atom. The predicted octanol–water partition coefficient (Wildman–Crippen LogP) is 2.38. The summed E-state index contributed by atoms with van der Waals surface area (Å²) >= 11 is 10.1. The molecule has 0 aromatic carbocycles. The third kappa shape index (κ3) is 3.12. The van der Waals surface area contributed by atoms with Crippen LogP contribution in [0.15, 0.2) is 26.3 Å². The summed E-state index contributed by atoms with van der Waals surface area (Å²) < 4.78 is 28.8. The highest BCUT2D eigenvalue weighted by Crippen LogP contribution is 2.34. The molecule has 9 heteroatoms. The molecule has 0 bridgehead atoms. The molecule has 0 saturated carbocycles. The lowest BCUT2D eigenvalue weighted by Gasteiger charge is -2.01. The van der Waals surface area contributed by atoms with E-state index in [1.807, 2.05) is 0 Å². The Bertz CT molecular complexity index is 646. The van der Waals surface area contributed by atoms with Crippen molar-refractivity contribution < 1.29 is 8.42 Å². The molecule has 2 aromatic rings. The molecule has 2 heterocycles. The minimum Gasteiger partial charge on any atom is -0.276 e. The van der Waals surface area contributed by atoms with Crippen molar-refractivity contribution in [3.05, 3.63) is 32.8 Å². The van der Waals surface area contributed by atoms with E-state index in [-0.39, 0.29) is 10.8 Å². The van der Waals surface area contributed by atoms with Gasteiger partial charge >= 0.3 is 0 Å². The van der Waals surface area contributed by atoms with Crippen molar-refractivity contribution in [3.8, 4) is 0 Å². The molecule has 0 unspecified atom stereocenters. The molecule has 0 aliphatic carbocycles. The summed E-state index contributed by atoms with van der Waals surface area (Å²) in [5.74, 6) is 0. The van der Waals surface area contributed by atoms with Gasteiger partial charge in [-0.25, -0.2) is 13.1 Å². The summed E-state index contributed by atoms with van der Waals surface area (Å²) in [6, 6.07) is 3.16. The molecule has 1 N–H and O–H groups in total. The fourth-order valence-corrected chi connectivity index (χ4v) is 4.70. The first-order valence-electron chi connectivity index (χ1n) is 4.81. The zero-order chi connectivity index (χ0) is 13.3.